The molecule has 0 heterocycles. The molecule has 0 saturated heterocycles. The van der Waals surface area contributed by atoms with Gasteiger partial charge in [0.1, 0.15) is 0 Å². The van der Waals surface area contributed by atoms with Gasteiger partial charge in [0.25, 0.3) is 0 Å². The number of rotatable bonds is 4. The Morgan fingerprint density at radius 3 is 2.50 bits per heavy atom. The fraction of sp³-hybridized carbons (Fsp3) is 0.941. The molecule has 2 aliphatic rings. The number of carbonyl (C=O) groups is 1. The summed E-state index contributed by atoms with van der Waals surface area (Å²) < 4.78 is 0. The van der Waals surface area contributed by atoms with Gasteiger partial charge in [-0.25, -0.2) is 0 Å². The molecule has 0 aromatic rings. The molecule has 0 aromatic carbocycles. The van der Waals surface area contributed by atoms with Gasteiger partial charge in [0.15, 0.2) is 0 Å². The number of amides is 1. The van der Waals surface area contributed by atoms with Crippen LogP contribution in [0.25, 0.3) is 0 Å². The van der Waals surface area contributed by atoms with E-state index in [1.807, 2.05) is 0 Å². The van der Waals surface area contributed by atoms with E-state index in [-0.39, 0.29) is 17.9 Å². The van der Waals surface area contributed by atoms with Gasteiger partial charge in [0.05, 0.1) is 0 Å². The molecular formula is C17H32N2O. The van der Waals surface area contributed by atoms with Crippen LogP contribution in [0.2, 0.25) is 0 Å². The third kappa shape index (κ3) is 3.97. The van der Waals surface area contributed by atoms with Gasteiger partial charge in [-0.3, -0.25) is 4.79 Å². The van der Waals surface area contributed by atoms with Crippen LogP contribution in [0.4, 0.5) is 0 Å². The quantitative estimate of drug-likeness (QED) is 0.830. The smallest absolute Gasteiger partial charge is 0.223 e. The lowest BCUT2D eigenvalue weighted by Crippen LogP contribution is -2.47. The highest BCUT2D eigenvalue weighted by Crippen LogP contribution is 2.31. The van der Waals surface area contributed by atoms with E-state index in [0.29, 0.717) is 12.0 Å². The minimum absolute atomic E-state index is 0.145. The first kappa shape index (κ1) is 15.8. The predicted octanol–water partition coefficient (Wildman–Crippen LogP) is 3.23. The van der Waals surface area contributed by atoms with E-state index in [1.54, 1.807) is 0 Å². The summed E-state index contributed by atoms with van der Waals surface area (Å²) >= 11 is 0. The first-order chi connectivity index (χ1) is 9.61. The van der Waals surface area contributed by atoms with Crippen LogP contribution in [0.15, 0.2) is 0 Å². The van der Waals surface area contributed by atoms with Crippen molar-refractivity contribution in [3.05, 3.63) is 0 Å². The van der Waals surface area contributed by atoms with Crippen molar-refractivity contribution >= 4 is 5.91 Å². The summed E-state index contributed by atoms with van der Waals surface area (Å²) in [5.74, 6) is 1.65. The molecular weight excluding hydrogens is 248 g/mol. The standard InChI is InChI=1S/C17H32N2O/c1-3-5-13-8-10-14(11-9-13)19-17(20)15-6-4-7-16(18)12(15)2/h12-16H,3-11,18H2,1-2H3,(H,19,20). The minimum Gasteiger partial charge on any atom is -0.353 e. The van der Waals surface area contributed by atoms with Crippen LogP contribution in [0, 0.1) is 17.8 Å². The van der Waals surface area contributed by atoms with Crippen LogP contribution in [0.3, 0.4) is 0 Å². The van der Waals surface area contributed by atoms with Crippen LogP contribution in [0.5, 0.6) is 0 Å². The molecule has 3 N–H and O–H groups in total. The molecule has 3 nitrogen and oxygen atoms in total. The number of nitrogens with two attached hydrogens (primary N) is 1. The molecule has 3 heteroatoms. The van der Waals surface area contributed by atoms with Gasteiger partial charge >= 0.3 is 0 Å². The van der Waals surface area contributed by atoms with E-state index in [2.05, 4.69) is 19.2 Å². The topological polar surface area (TPSA) is 55.1 Å². The highest BCUT2D eigenvalue weighted by molar-refractivity contribution is 5.79. The molecule has 0 radical (unpaired) electrons. The molecule has 116 valence electrons. The number of nitrogens with one attached hydrogen (secondary N) is 1. The Morgan fingerprint density at radius 1 is 1.15 bits per heavy atom. The van der Waals surface area contributed by atoms with Crippen molar-refractivity contribution in [1.29, 1.82) is 0 Å². The summed E-state index contributed by atoms with van der Waals surface area (Å²) in [6.07, 6.45) is 10.8. The van der Waals surface area contributed by atoms with Crippen molar-refractivity contribution < 1.29 is 4.79 Å². The molecule has 20 heavy (non-hydrogen) atoms. The first-order valence-corrected chi connectivity index (χ1v) is 8.67. The maximum absolute atomic E-state index is 12.5. The lowest BCUT2D eigenvalue weighted by molar-refractivity contribution is -0.128. The van der Waals surface area contributed by atoms with Gasteiger partial charge in [-0.1, -0.05) is 33.1 Å². The van der Waals surface area contributed by atoms with E-state index in [1.165, 1.54) is 38.5 Å². The largest absolute Gasteiger partial charge is 0.353 e. The maximum atomic E-state index is 12.5. The average Bonchev–Trinajstić information content (AvgIpc) is 2.44. The minimum atomic E-state index is 0.145. The third-order valence-electron chi connectivity index (χ3n) is 5.59. The molecule has 2 aliphatic carbocycles. The normalized spacial score (nSPS) is 38.5. The van der Waals surface area contributed by atoms with Crippen molar-refractivity contribution in [3.8, 4) is 0 Å². The van der Waals surface area contributed by atoms with E-state index in [0.717, 1.165) is 25.2 Å². The van der Waals surface area contributed by atoms with Gasteiger partial charge in [-0.05, 0) is 50.4 Å². The van der Waals surface area contributed by atoms with E-state index in [9.17, 15) is 4.79 Å². The Labute approximate surface area is 124 Å². The molecule has 0 spiro atoms. The molecule has 3 unspecified atom stereocenters. The Hall–Kier alpha value is -0.570. The Kier molecular flexibility index (Phi) is 5.88. The summed E-state index contributed by atoms with van der Waals surface area (Å²) in [5.41, 5.74) is 6.11. The summed E-state index contributed by atoms with van der Waals surface area (Å²) in [4.78, 5) is 12.5. The van der Waals surface area contributed by atoms with Crippen LogP contribution in [-0.2, 0) is 4.79 Å². The fourth-order valence-electron chi connectivity index (χ4n) is 4.08. The van der Waals surface area contributed by atoms with Gasteiger partial charge in [0, 0.05) is 18.0 Å². The summed E-state index contributed by atoms with van der Waals surface area (Å²) in [6.45, 7) is 4.41. The zero-order chi connectivity index (χ0) is 14.5. The van der Waals surface area contributed by atoms with Crippen LogP contribution < -0.4 is 11.1 Å². The molecule has 0 bridgehead atoms. The van der Waals surface area contributed by atoms with E-state index >= 15 is 0 Å². The number of hydrogen-bond donors (Lipinski definition) is 2. The van der Waals surface area contributed by atoms with Crippen LogP contribution >= 0.6 is 0 Å². The second-order valence-corrected chi connectivity index (χ2v) is 7.08. The second kappa shape index (κ2) is 7.44. The zero-order valence-corrected chi connectivity index (χ0v) is 13.2. The molecule has 0 aliphatic heterocycles. The highest BCUT2D eigenvalue weighted by Gasteiger charge is 2.33. The monoisotopic (exact) mass is 280 g/mol. The van der Waals surface area contributed by atoms with Crippen LogP contribution in [0.1, 0.15) is 71.6 Å². The molecule has 2 rings (SSSR count). The molecule has 2 saturated carbocycles. The first-order valence-electron chi connectivity index (χ1n) is 8.67. The Morgan fingerprint density at radius 2 is 1.85 bits per heavy atom. The van der Waals surface area contributed by atoms with Crippen molar-refractivity contribution in [2.75, 3.05) is 0 Å². The van der Waals surface area contributed by atoms with Gasteiger partial charge in [-0.2, -0.15) is 0 Å². The van der Waals surface area contributed by atoms with Crippen molar-refractivity contribution in [2.45, 2.75) is 83.7 Å². The second-order valence-electron chi connectivity index (χ2n) is 7.08. The average molecular weight is 280 g/mol. The molecule has 3 atom stereocenters. The SMILES string of the molecule is CCCC1CCC(NC(=O)C2CCCC(N)C2C)CC1. The molecule has 0 aromatic heterocycles. The van der Waals surface area contributed by atoms with Gasteiger partial charge in [0.2, 0.25) is 5.91 Å². The predicted molar refractivity (Wildman–Crippen MR) is 83.3 cm³/mol. The molecule has 2 fully saturated rings. The third-order valence-corrected chi connectivity index (χ3v) is 5.59. The van der Waals surface area contributed by atoms with Crippen molar-refractivity contribution in [3.63, 3.8) is 0 Å². The molecule has 1 amide bonds. The summed E-state index contributed by atoms with van der Waals surface area (Å²) in [5, 5.41) is 3.31. The summed E-state index contributed by atoms with van der Waals surface area (Å²) in [7, 11) is 0. The Balaban J connectivity index is 1.77. The van der Waals surface area contributed by atoms with E-state index in [4.69, 9.17) is 5.73 Å². The van der Waals surface area contributed by atoms with Gasteiger partial charge in [-0.15, -0.1) is 0 Å². The zero-order valence-electron chi connectivity index (χ0n) is 13.2. The van der Waals surface area contributed by atoms with Crippen LogP contribution in [-0.4, -0.2) is 18.0 Å². The lowest BCUT2D eigenvalue weighted by Gasteiger charge is -2.35. The fourth-order valence-corrected chi connectivity index (χ4v) is 4.08. The van der Waals surface area contributed by atoms with Crippen molar-refractivity contribution in [2.24, 2.45) is 23.5 Å². The lowest BCUT2D eigenvalue weighted by atomic mass is 9.76. The summed E-state index contributed by atoms with van der Waals surface area (Å²) in [6, 6.07) is 0.626. The van der Waals surface area contributed by atoms with Crippen molar-refractivity contribution in [1.82, 2.24) is 5.32 Å². The van der Waals surface area contributed by atoms with Gasteiger partial charge < -0.3 is 11.1 Å². The maximum Gasteiger partial charge on any atom is 0.223 e. The number of hydrogen-bond acceptors (Lipinski definition) is 2. The Bertz CT molecular complexity index is 310. The highest BCUT2D eigenvalue weighted by atomic mass is 16.2. The number of carbonyl (C=O) groups excluding carboxylic acids is 1. The van der Waals surface area contributed by atoms with E-state index < -0.39 is 0 Å².